The normalized spacial score (nSPS) is 18.6. The van der Waals surface area contributed by atoms with E-state index in [4.69, 9.17) is 10.2 Å². The van der Waals surface area contributed by atoms with Crippen LogP contribution in [0.15, 0.2) is 0 Å². The number of aliphatic hydroxyl groups excluding tert-OH is 2. The molecule has 11 heavy (non-hydrogen) atoms. The smallest absolute Gasteiger partial charge is 0.335 e. The highest BCUT2D eigenvalue weighted by atomic mass is 16.5. The zero-order chi connectivity index (χ0) is 9.02. The Hall–Kier alpha value is -0.610. The predicted molar refractivity (Wildman–Crippen MR) is 38.9 cm³/mol. The first kappa shape index (κ1) is 10.4. The lowest BCUT2D eigenvalue weighted by Crippen LogP contribution is -2.34. The Labute approximate surface area is 65.8 Å². The molecular formula is C7H14O4. The summed E-state index contributed by atoms with van der Waals surface area (Å²) in [6, 6.07) is 0. The number of carbonyl (C=O) groups excluding carboxylic acids is 1. The molecule has 0 saturated heterocycles. The van der Waals surface area contributed by atoms with Crippen LogP contribution in [0.5, 0.6) is 0 Å². The molecule has 0 radical (unpaired) electrons. The molecule has 66 valence electrons. The minimum Gasteiger partial charge on any atom is -0.467 e. The minimum atomic E-state index is -1.24. The van der Waals surface area contributed by atoms with Crippen molar-refractivity contribution < 1.29 is 19.7 Å². The molecule has 0 heterocycles. The fourth-order valence-corrected chi connectivity index (χ4v) is 0.599. The van der Waals surface area contributed by atoms with Gasteiger partial charge < -0.3 is 14.9 Å². The molecular weight excluding hydrogens is 148 g/mol. The van der Waals surface area contributed by atoms with Gasteiger partial charge in [0.15, 0.2) is 6.10 Å². The molecule has 3 atom stereocenters. The summed E-state index contributed by atoms with van der Waals surface area (Å²) in [5, 5.41) is 18.1. The third-order valence-corrected chi connectivity index (χ3v) is 1.70. The van der Waals surface area contributed by atoms with Crippen LogP contribution >= 0.6 is 0 Å². The van der Waals surface area contributed by atoms with E-state index in [2.05, 4.69) is 4.74 Å². The number of methoxy groups -OCH3 is 1. The van der Waals surface area contributed by atoms with Crippen molar-refractivity contribution in [2.75, 3.05) is 7.11 Å². The Bertz CT molecular complexity index is 132. The largest absolute Gasteiger partial charge is 0.467 e. The molecule has 4 nitrogen and oxygen atoms in total. The zero-order valence-corrected chi connectivity index (χ0v) is 6.94. The summed E-state index contributed by atoms with van der Waals surface area (Å²) < 4.78 is 4.28. The molecule has 4 heteroatoms. The van der Waals surface area contributed by atoms with Gasteiger partial charge in [-0.25, -0.2) is 4.79 Å². The van der Waals surface area contributed by atoms with Gasteiger partial charge in [0.1, 0.15) is 0 Å². The van der Waals surface area contributed by atoms with Crippen molar-refractivity contribution in [2.45, 2.75) is 26.1 Å². The molecule has 0 saturated carbocycles. The standard InChI is InChI=1S/C7H14O4/c1-4(5(2)8)6(9)7(10)11-3/h4-6,8-9H,1-3H3/t4-,5-,6+/m1/s1. The van der Waals surface area contributed by atoms with Crippen molar-refractivity contribution in [2.24, 2.45) is 5.92 Å². The highest BCUT2D eigenvalue weighted by Crippen LogP contribution is 2.09. The van der Waals surface area contributed by atoms with Crippen LogP contribution in [0, 0.1) is 5.92 Å². The average molecular weight is 162 g/mol. The van der Waals surface area contributed by atoms with E-state index in [1.54, 1.807) is 6.92 Å². The van der Waals surface area contributed by atoms with E-state index in [-0.39, 0.29) is 0 Å². The summed E-state index contributed by atoms with van der Waals surface area (Å²) in [5.74, 6) is -1.21. The molecule has 0 bridgehead atoms. The number of esters is 1. The highest BCUT2D eigenvalue weighted by Gasteiger charge is 2.26. The second-order valence-corrected chi connectivity index (χ2v) is 2.57. The van der Waals surface area contributed by atoms with Gasteiger partial charge in [0.25, 0.3) is 0 Å². The van der Waals surface area contributed by atoms with Crippen LogP contribution in [0.3, 0.4) is 0 Å². The van der Waals surface area contributed by atoms with E-state index in [9.17, 15) is 4.79 Å². The summed E-state index contributed by atoms with van der Waals surface area (Å²) in [6.45, 7) is 3.09. The summed E-state index contributed by atoms with van der Waals surface area (Å²) in [5.41, 5.74) is 0. The molecule has 0 aliphatic carbocycles. The lowest BCUT2D eigenvalue weighted by molar-refractivity contribution is -0.155. The van der Waals surface area contributed by atoms with Gasteiger partial charge >= 0.3 is 5.97 Å². The van der Waals surface area contributed by atoms with E-state index in [1.807, 2.05) is 0 Å². The number of rotatable bonds is 3. The van der Waals surface area contributed by atoms with Crippen LogP contribution in [-0.4, -0.2) is 35.5 Å². The van der Waals surface area contributed by atoms with Crippen molar-refractivity contribution in [1.29, 1.82) is 0 Å². The third-order valence-electron chi connectivity index (χ3n) is 1.70. The van der Waals surface area contributed by atoms with Crippen molar-refractivity contribution in [3.8, 4) is 0 Å². The first-order valence-electron chi connectivity index (χ1n) is 3.44. The molecule has 0 fully saturated rings. The Kier molecular flexibility index (Phi) is 4.07. The van der Waals surface area contributed by atoms with Crippen molar-refractivity contribution in [3.05, 3.63) is 0 Å². The summed E-state index contributed by atoms with van der Waals surface area (Å²) in [6.07, 6.45) is -1.95. The predicted octanol–water partition coefficient (Wildman–Crippen LogP) is -0.463. The number of carbonyl (C=O) groups is 1. The van der Waals surface area contributed by atoms with Crippen LogP contribution < -0.4 is 0 Å². The second kappa shape index (κ2) is 4.31. The van der Waals surface area contributed by atoms with Crippen LogP contribution in [0.2, 0.25) is 0 Å². The monoisotopic (exact) mass is 162 g/mol. The first-order valence-corrected chi connectivity index (χ1v) is 3.44. The summed E-state index contributed by atoms with van der Waals surface area (Å²) in [7, 11) is 1.19. The van der Waals surface area contributed by atoms with Gasteiger partial charge in [-0.05, 0) is 6.92 Å². The van der Waals surface area contributed by atoms with Crippen LogP contribution in [0.25, 0.3) is 0 Å². The zero-order valence-electron chi connectivity index (χ0n) is 6.94. The molecule has 0 aliphatic heterocycles. The lowest BCUT2D eigenvalue weighted by Gasteiger charge is -2.18. The quantitative estimate of drug-likeness (QED) is 0.551. The van der Waals surface area contributed by atoms with Gasteiger partial charge in [0, 0.05) is 5.92 Å². The van der Waals surface area contributed by atoms with E-state index in [0.29, 0.717) is 0 Å². The van der Waals surface area contributed by atoms with Crippen molar-refractivity contribution >= 4 is 5.97 Å². The molecule has 0 rings (SSSR count). The van der Waals surface area contributed by atoms with Crippen LogP contribution in [-0.2, 0) is 9.53 Å². The molecule has 0 spiro atoms. The highest BCUT2D eigenvalue weighted by molar-refractivity contribution is 5.74. The Balaban J connectivity index is 4.01. The van der Waals surface area contributed by atoms with Crippen LogP contribution in [0.4, 0.5) is 0 Å². The topological polar surface area (TPSA) is 66.8 Å². The second-order valence-electron chi connectivity index (χ2n) is 2.57. The van der Waals surface area contributed by atoms with Gasteiger partial charge in [-0.1, -0.05) is 6.92 Å². The minimum absolute atomic E-state index is 0.498. The third kappa shape index (κ3) is 2.86. The maximum Gasteiger partial charge on any atom is 0.335 e. The molecule has 0 amide bonds. The SMILES string of the molecule is COC(=O)[C@@H](O)[C@H](C)[C@@H](C)O. The molecule has 2 N–H and O–H groups in total. The van der Waals surface area contributed by atoms with Crippen LogP contribution in [0.1, 0.15) is 13.8 Å². The molecule has 0 unspecified atom stereocenters. The first-order chi connectivity index (χ1) is 5.00. The van der Waals surface area contributed by atoms with Gasteiger partial charge in [0.05, 0.1) is 13.2 Å². The van der Waals surface area contributed by atoms with E-state index in [0.717, 1.165) is 0 Å². The van der Waals surface area contributed by atoms with Gasteiger partial charge in [0.2, 0.25) is 0 Å². The number of hydrogen-bond acceptors (Lipinski definition) is 4. The van der Waals surface area contributed by atoms with E-state index >= 15 is 0 Å². The maximum atomic E-state index is 10.7. The van der Waals surface area contributed by atoms with Crippen molar-refractivity contribution in [3.63, 3.8) is 0 Å². The van der Waals surface area contributed by atoms with E-state index < -0.39 is 24.1 Å². The number of ether oxygens (including phenoxy) is 1. The fraction of sp³-hybridized carbons (Fsp3) is 0.857. The summed E-state index contributed by atoms with van der Waals surface area (Å²) in [4.78, 5) is 10.7. The lowest BCUT2D eigenvalue weighted by atomic mass is 10.00. The molecule has 0 aromatic carbocycles. The van der Waals surface area contributed by atoms with E-state index in [1.165, 1.54) is 14.0 Å². The molecule has 0 aromatic rings. The van der Waals surface area contributed by atoms with Gasteiger partial charge in [-0.15, -0.1) is 0 Å². The van der Waals surface area contributed by atoms with Crippen molar-refractivity contribution in [1.82, 2.24) is 0 Å². The molecule has 0 aliphatic rings. The number of hydrogen-bond donors (Lipinski definition) is 2. The average Bonchev–Trinajstić information content (AvgIpc) is 2.00. The Morgan fingerprint density at radius 2 is 1.82 bits per heavy atom. The molecule has 0 aromatic heterocycles. The maximum absolute atomic E-state index is 10.7. The van der Waals surface area contributed by atoms with Gasteiger partial charge in [-0.3, -0.25) is 0 Å². The fourth-order valence-electron chi connectivity index (χ4n) is 0.599. The Morgan fingerprint density at radius 3 is 2.09 bits per heavy atom. The van der Waals surface area contributed by atoms with Gasteiger partial charge in [-0.2, -0.15) is 0 Å². The summed E-state index contributed by atoms with van der Waals surface area (Å²) >= 11 is 0. The number of aliphatic hydroxyl groups is 2. The Morgan fingerprint density at radius 1 is 1.36 bits per heavy atom.